The molecule has 0 aliphatic carbocycles. The Bertz CT molecular complexity index is 429. The highest BCUT2D eigenvalue weighted by atomic mass is 79.9. The van der Waals surface area contributed by atoms with Crippen molar-refractivity contribution in [3.8, 4) is 0 Å². The van der Waals surface area contributed by atoms with Crippen LogP contribution in [0.2, 0.25) is 0 Å². The highest BCUT2D eigenvalue weighted by Crippen LogP contribution is 2.16. The van der Waals surface area contributed by atoms with E-state index in [9.17, 15) is 0 Å². The van der Waals surface area contributed by atoms with Gasteiger partial charge in [-0.05, 0) is 44.0 Å². The maximum absolute atomic E-state index is 5.91. The van der Waals surface area contributed by atoms with Crippen molar-refractivity contribution in [1.29, 1.82) is 0 Å². The number of amidine groups is 1. The molecule has 0 fully saturated rings. The number of aliphatic imine (C=N–C) groups is 1. The van der Waals surface area contributed by atoms with Crippen LogP contribution in [0, 0.1) is 6.92 Å². The Morgan fingerprint density at radius 2 is 1.95 bits per heavy atom. The van der Waals surface area contributed by atoms with E-state index in [0.29, 0.717) is 25.6 Å². The quantitative estimate of drug-likeness (QED) is 0.475. The maximum atomic E-state index is 5.91. The molecule has 0 spiro atoms. The van der Waals surface area contributed by atoms with E-state index < -0.39 is 6.29 Å². The van der Waals surface area contributed by atoms with Gasteiger partial charge in [-0.15, -0.1) is 0 Å². The Kier molecular flexibility index (Phi) is 7.05. The fraction of sp³-hybridized carbons (Fsp3) is 0.500. The molecule has 1 rings (SSSR count). The lowest BCUT2D eigenvalue weighted by Gasteiger charge is -2.16. The highest BCUT2D eigenvalue weighted by molar-refractivity contribution is 9.10. The molecule has 106 valence electrons. The SMILES string of the molecule is CCOC(OCC)C(N)=NCc1ccc(Br)cc1C. The Balaban J connectivity index is 2.72. The van der Waals surface area contributed by atoms with Gasteiger partial charge in [0.25, 0.3) is 0 Å². The highest BCUT2D eigenvalue weighted by Gasteiger charge is 2.12. The smallest absolute Gasteiger partial charge is 0.216 e. The van der Waals surface area contributed by atoms with Gasteiger partial charge >= 0.3 is 0 Å². The van der Waals surface area contributed by atoms with Crippen molar-refractivity contribution in [2.75, 3.05) is 13.2 Å². The third kappa shape index (κ3) is 5.30. The largest absolute Gasteiger partial charge is 0.383 e. The van der Waals surface area contributed by atoms with Crippen LogP contribution in [0.15, 0.2) is 27.7 Å². The fourth-order valence-electron chi connectivity index (χ4n) is 1.61. The number of nitrogens with zero attached hydrogens (tertiary/aromatic N) is 1. The molecule has 1 aromatic rings. The van der Waals surface area contributed by atoms with Gasteiger partial charge in [0.15, 0.2) is 5.84 Å². The minimum Gasteiger partial charge on any atom is -0.383 e. The van der Waals surface area contributed by atoms with Crippen molar-refractivity contribution in [2.45, 2.75) is 33.6 Å². The van der Waals surface area contributed by atoms with Gasteiger partial charge < -0.3 is 15.2 Å². The molecular formula is C14H21BrN2O2. The molecule has 0 aliphatic heterocycles. The van der Waals surface area contributed by atoms with Crippen molar-refractivity contribution in [2.24, 2.45) is 10.7 Å². The molecule has 0 unspecified atom stereocenters. The molecule has 4 nitrogen and oxygen atoms in total. The first-order valence-electron chi connectivity index (χ1n) is 6.36. The van der Waals surface area contributed by atoms with Crippen molar-refractivity contribution >= 4 is 21.8 Å². The van der Waals surface area contributed by atoms with E-state index in [4.69, 9.17) is 15.2 Å². The summed E-state index contributed by atoms with van der Waals surface area (Å²) in [5, 5.41) is 0. The van der Waals surface area contributed by atoms with Gasteiger partial charge in [0, 0.05) is 17.7 Å². The van der Waals surface area contributed by atoms with Gasteiger partial charge in [-0.1, -0.05) is 22.0 Å². The van der Waals surface area contributed by atoms with Crippen molar-refractivity contribution < 1.29 is 9.47 Å². The lowest BCUT2D eigenvalue weighted by atomic mass is 10.1. The van der Waals surface area contributed by atoms with Gasteiger partial charge in [-0.2, -0.15) is 0 Å². The molecule has 0 saturated heterocycles. The lowest BCUT2D eigenvalue weighted by molar-refractivity contribution is -0.0907. The van der Waals surface area contributed by atoms with E-state index in [1.54, 1.807) is 0 Å². The van der Waals surface area contributed by atoms with Gasteiger partial charge in [0.05, 0.1) is 6.54 Å². The van der Waals surface area contributed by atoms with Crippen LogP contribution in [0.4, 0.5) is 0 Å². The molecule has 2 N–H and O–H groups in total. The van der Waals surface area contributed by atoms with Crippen molar-refractivity contribution in [1.82, 2.24) is 0 Å². The van der Waals surface area contributed by atoms with Crippen LogP contribution in [0.5, 0.6) is 0 Å². The Morgan fingerprint density at radius 1 is 1.32 bits per heavy atom. The first kappa shape index (κ1) is 16.1. The summed E-state index contributed by atoms with van der Waals surface area (Å²) in [6, 6.07) is 6.09. The number of hydrogen-bond acceptors (Lipinski definition) is 3. The minimum atomic E-state index is -0.550. The number of aryl methyl sites for hydroxylation is 1. The van der Waals surface area contributed by atoms with Crippen molar-refractivity contribution in [3.05, 3.63) is 33.8 Å². The Labute approximate surface area is 123 Å². The Morgan fingerprint density at radius 3 is 2.47 bits per heavy atom. The average molecular weight is 329 g/mol. The second-order valence-electron chi connectivity index (χ2n) is 4.05. The summed E-state index contributed by atoms with van der Waals surface area (Å²) in [7, 11) is 0. The molecule has 0 saturated carbocycles. The van der Waals surface area contributed by atoms with Crippen LogP contribution < -0.4 is 5.73 Å². The van der Waals surface area contributed by atoms with E-state index in [1.807, 2.05) is 32.9 Å². The van der Waals surface area contributed by atoms with E-state index in [2.05, 4.69) is 27.0 Å². The van der Waals surface area contributed by atoms with Gasteiger partial charge in [-0.25, -0.2) is 0 Å². The topological polar surface area (TPSA) is 56.8 Å². The molecule has 0 amide bonds. The summed E-state index contributed by atoms with van der Waals surface area (Å²) >= 11 is 3.44. The van der Waals surface area contributed by atoms with Crippen LogP contribution in [-0.2, 0) is 16.0 Å². The standard InChI is InChI=1S/C14H21BrN2O2/c1-4-18-14(19-5-2)13(16)17-9-11-6-7-12(15)8-10(11)3/h6-8,14H,4-5,9H2,1-3H3,(H2,16,17). The molecule has 5 heteroatoms. The summed E-state index contributed by atoms with van der Waals surface area (Å²) < 4.78 is 11.9. The maximum Gasteiger partial charge on any atom is 0.216 e. The normalized spacial score (nSPS) is 12.2. The van der Waals surface area contributed by atoms with Gasteiger partial charge in [0.2, 0.25) is 6.29 Å². The monoisotopic (exact) mass is 328 g/mol. The van der Waals surface area contributed by atoms with E-state index in [1.165, 1.54) is 5.56 Å². The summed E-state index contributed by atoms with van der Waals surface area (Å²) in [5.41, 5.74) is 8.22. The first-order chi connectivity index (χ1) is 9.08. The van der Waals surface area contributed by atoms with Crippen molar-refractivity contribution in [3.63, 3.8) is 0 Å². The van der Waals surface area contributed by atoms with Gasteiger partial charge in [-0.3, -0.25) is 4.99 Å². The number of hydrogen-bond donors (Lipinski definition) is 1. The summed E-state index contributed by atoms with van der Waals surface area (Å²) in [5.74, 6) is 0.381. The predicted molar refractivity (Wildman–Crippen MR) is 81.2 cm³/mol. The van der Waals surface area contributed by atoms with E-state index >= 15 is 0 Å². The number of ether oxygens (including phenoxy) is 2. The molecule has 1 aromatic carbocycles. The van der Waals surface area contributed by atoms with Crippen LogP contribution >= 0.6 is 15.9 Å². The zero-order valence-electron chi connectivity index (χ0n) is 11.6. The number of rotatable bonds is 7. The van der Waals surface area contributed by atoms with Crippen LogP contribution in [0.25, 0.3) is 0 Å². The first-order valence-corrected chi connectivity index (χ1v) is 7.15. The molecule has 0 aromatic heterocycles. The lowest BCUT2D eigenvalue weighted by Crippen LogP contribution is -2.34. The number of nitrogens with two attached hydrogens (primary N) is 1. The third-order valence-electron chi connectivity index (χ3n) is 2.61. The molecule has 19 heavy (non-hydrogen) atoms. The fourth-order valence-corrected chi connectivity index (χ4v) is 2.08. The second kappa shape index (κ2) is 8.30. The van der Waals surface area contributed by atoms with Crippen LogP contribution in [0.1, 0.15) is 25.0 Å². The summed E-state index contributed by atoms with van der Waals surface area (Å²) in [6.45, 7) is 7.46. The molecular weight excluding hydrogens is 308 g/mol. The third-order valence-corrected chi connectivity index (χ3v) is 3.11. The molecule has 0 radical (unpaired) electrons. The molecule has 0 aliphatic rings. The zero-order chi connectivity index (χ0) is 14.3. The predicted octanol–water partition coefficient (Wildman–Crippen LogP) is 3.01. The second-order valence-corrected chi connectivity index (χ2v) is 4.97. The van der Waals surface area contributed by atoms with Crippen LogP contribution in [-0.4, -0.2) is 25.3 Å². The molecule has 0 atom stereocenters. The summed E-state index contributed by atoms with van der Waals surface area (Å²) in [4.78, 5) is 4.35. The number of benzene rings is 1. The van der Waals surface area contributed by atoms with Gasteiger partial charge in [0.1, 0.15) is 0 Å². The zero-order valence-corrected chi connectivity index (χ0v) is 13.2. The summed E-state index contributed by atoms with van der Waals surface area (Å²) in [6.07, 6.45) is -0.550. The van der Waals surface area contributed by atoms with E-state index in [0.717, 1.165) is 10.0 Å². The minimum absolute atomic E-state index is 0.381. The average Bonchev–Trinajstić information content (AvgIpc) is 2.37. The number of halogens is 1. The molecule has 0 bridgehead atoms. The van der Waals surface area contributed by atoms with E-state index in [-0.39, 0.29) is 0 Å². The Hall–Kier alpha value is -0.910. The van der Waals surface area contributed by atoms with Crippen LogP contribution in [0.3, 0.4) is 0 Å². The molecule has 0 heterocycles.